The zero-order valence-electron chi connectivity index (χ0n) is 13.2. The number of carboxylic acids is 1. The number of tetrazole rings is 1. The maximum atomic E-state index is 11.1. The van der Waals surface area contributed by atoms with E-state index in [1.165, 1.54) is 0 Å². The van der Waals surface area contributed by atoms with E-state index in [0.29, 0.717) is 5.92 Å². The van der Waals surface area contributed by atoms with Crippen molar-refractivity contribution in [2.45, 2.75) is 65.2 Å². The molecule has 2 rings (SSSR count). The minimum atomic E-state index is -0.840. The molecule has 1 aliphatic rings. The molecule has 7 heteroatoms. The molecule has 7 nitrogen and oxygen atoms in total. The van der Waals surface area contributed by atoms with Gasteiger partial charge in [-0.2, -0.15) is 0 Å². The fourth-order valence-electron chi connectivity index (χ4n) is 3.15. The number of nitrogens with zero attached hydrogens (tertiary/aromatic N) is 4. The van der Waals surface area contributed by atoms with E-state index in [9.17, 15) is 4.79 Å². The molecule has 0 spiro atoms. The molecule has 1 aromatic heterocycles. The van der Waals surface area contributed by atoms with Gasteiger partial charge in [0.15, 0.2) is 5.82 Å². The highest BCUT2D eigenvalue weighted by atomic mass is 16.5. The molecule has 1 N–H and O–H groups in total. The van der Waals surface area contributed by atoms with Gasteiger partial charge in [-0.05, 0) is 36.1 Å². The first-order valence-corrected chi connectivity index (χ1v) is 7.48. The number of aliphatic carboxylic acids is 1. The van der Waals surface area contributed by atoms with Gasteiger partial charge in [-0.3, -0.25) is 4.79 Å². The first kappa shape index (κ1) is 15.9. The lowest BCUT2D eigenvalue weighted by Gasteiger charge is -2.24. The topological polar surface area (TPSA) is 90.1 Å². The van der Waals surface area contributed by atoms with Crippen molar-refractivity contribution in [3.05, 3.63) is 5.82 Å². The van der Waals surface area contributed by atoms with Crippen LogP contribution in [0.25, 0.3) is 0 Å². The van der Waals surface area contributed by atoms with Gasteiger partial charge in [0.1, 0.15) is 0 Å². The van der Waals surface area contributed by atoms with Crippen LogP contribution in [0.5, 0.6) is 0 Å². The average Bonchev–Trinajstić information content (AvgIpc) is 2.92. The van der Waals surface area contributed by atoms with Crippen LogP contribution in [-0.4, -0.2) is 43.5 Å². The third kappa shape index (κ3) is 3.07. The Morgan fingerprint density at radius 3 is 2.48 bits per heavy atom. The second kappa shape index (κ2) is 6.09. The summed E-state index contributed by atoms with van der Waals surface area (Å²) in [6.45, 7) is 10.2. The van der Waals surface area contributed by atoms with Crippen molar-refractivity contribution in [1.82, 2.24) is 20.2 Å². The van der Waals surface area contributed by atoms with E-state index in [2.05, 4.69) is 22.4 Å². The zero-order valence-corrected chi connectivity index (χ0v) is 13.2. The molecule has 21 heavy (non-hydrogen) atoms. The van der Waals surface area contributed by atoms with E-state index in [4.69, 9.17) is 9.84 Å². The van der Waals surface area contributed by atoms with E-state index < -0.39 is 5.97 Å². The summed E-state index contributed by atoms with van der Waals surface area (Å²) in [4.78, 5) is 11.1. The standard InChI is InChI=1S/C14H24N4O3/c1-7(2)11(6-12(19)20)18-14(15-16-17-18)13-8(3)9(4)21-10(13)5/h7-11,13H,6H2,1-5H3,(H,19,20). The molecule has 0 amide bonds. The van der Waals surface area contributed by atoms with Crippen molar-refractivity contribution in [3.8, 4) is 0 Å². The molecule has 0 aromatic carbocycles. The monoisotopic (exact) mass is 296 g/mol. The highest BCUT2D eigenvalue weighted by molar-refractivity contribution is 5.67. The quantitative estimate of drug-likeness (QED) is 0.892. The van der Waals surface area contributed by atoms with Gasteiger partial charge in [0.2, 0.25) is 0 Å². The third-order valence-corrected chi connectivity index (χ3v) is 4.53. The molecular formula is C14H24N4O3. The number of hydrogen-bond donors (Lipinski definition) is 1. The molecule has 1 saturated heterocycles. The third-order valence-electron chi connectivity index (χ3n) is 4.53. The summed E-state index contributed by atoms with van der Waals surface area (Å²) >= 11 is 0. The molecule has 5 unspecified atom stereocenters. The Labute approximate surface area is 124 Å². The van der Waals surface area contributed by atoms with Crippen molar-refractivity contribution < 1.29 is 14.6 Å². The molecular weight excluding hydrogens is 272 g/mol. The van der Waals surface area contributed by atoms with Gasteiger partial charge in [0.05, 0.1) is 30.6 Å². The number of carbonyl (C=O) groups is 1. The van der Waals surface area contributed by atoms with Crippen molar-refractivity contribution in [3.63, 3.8) is 0 Å². The smallest absolute Gasteiger partial charge is 0.305 e. The van der Waals surface area contributed by atoms with E-state index in [-0.39, 0.29) is 36.5 Å². The normalized spacial score (nSPS) is 30.8. The molecule has 1 aliphatic heterocycles. The molecule has 5 atom stereocenters. The zero-order chi connectivity index (χ0) is 15.7. The second-order valence-electron chi connectivity index (χ2n) is 6.32. The molecule has 2 heterocycles. The Balaban J connectivity index is 2.35. The predicted molar refractivity (Wildman–Crippen MR) is 75.9 cm³/mol. The molecule has 1 fully saturated rings. The van der Waals surface area contributed by atoms with Crippen LogP contribution in [0.4, 0.5) is 0 Å². The summed E-state index contributed by atoms with van der Waals surface area (Å²) < 4.78 is 7.55. The number of carboxylic acid groups (broad SMARTS) is 1. The van der Waals surface area contributed by atoms with Gasteiger partial charge in [0.25, 0.3) is 0 Å². The largest absolute Gasteiger partial charge is 0.481 e. The Hall–Kier alpha value is -1.50. The van der Waals surface area contributed by atoms with Crippen molar-refractivity contribution in [2.75, 3.05) is 0 Å². The molecule has 1 aromatic rings. The average molecular weight is 296 g/mol. The van der Waals surface area contributed by atoms with Crippen LogP contribution in [0.1, 0.15) is 58.8 Å². The minimum Gasteiger partial charge on any atom is -0.481 e. The fourth-order valence-corrected chi connectivity index (χ4v) is 3.15. The molecule has 0 bridgehead atoms. The summed E-state index contributed by atoms with van der Waals surface area (Å²) in [7, 11) is 0. The van der Waals surface area contributed by atoms with Gasteiger partial charge in [0, 0.05) is 0 Å². The van der Waals surface area contributed by atoms with Crippen LogP contribution in [0.15, 0.2) is 0 Å². The lowest BCUT2D eigenvalue weighted by atomic mass is 9.88. The SMILES string of the molecule is CC(C)C(CC(=O)O)n1nnnc1C1C(C)OC(C)C1C. The van der Waals surface area contributed by atoms with Crippen molar-refractivity contribution in [1.29, 1.82) is 0 Å². The Kier molecular flexibility index (Phi) is 4.61. The van der Waals surface area contributed by atoms with Gasteiger partial charge >= 0.3 is 5.97 Å². The van der Waals surface area contributed by atoms with Crippen molar-refractivity contribution in [2.24, 2.45) is 11.8 Å². The minimum absolute atomic E-state index is 0.0155. The maximum absolute atomic E-state index is 11.1. The highest BCUT2D eigenvalue weighted by Gasteiger charge is 2.42. The van der Waals surface area contributed by atoms with Crippen LogP contribution >= 0.6 is 0 Å². The number of aromatic nitrogens is 4. The summed E-state index contributed by atoms with van der Waals surface area (Å²) in [6.07, 6.45) is 0.186. The van der Waals surface area contributed by atoms with Crippen molar-refractivity contribution >= 4 is 5.97 Å². The van der Waals surface area contributed by atoms with E-state index in [1.54, 1.807) is 4.68 Å². The van der Waals surface area contributed by atoms with E-state index in [1.807, 2.05) is 27.7 Å². The Morgan fingerprint density at radius 2 is 2.00 bits per heavy atom. The lowest BCUT2D eigenvalue weighted by molar-refractivity contribution is -0.138. The van der Waals surface area contributed by atoms with Gasteiger partial charge < -0.3 is 9.84 Å². The van der Waals surface area contributed by atoms with Crippen LogP contribution in [0.2, 0.25) is 0 Å². The predicted octanol–water partition coefficient (Wildman–Crippen LogP) is 1.87. The van der Waals surface area contributed by atoms with Gasteiger partial charge in [-0.1, -0.05) is 20.8 Å². The summed E-state index contributed by atoms with van der Waals surface area (Å²) in [5, 5.41) is 21.2. The Bertz CT molecular complexity index is 502. The fraction of sp³-hybridized carbons (Fsp3) is 0.857. The molecule has 0 aliphatic carbocycles. The lowest BCUT2D eigenvalue weighted by Crippen LogP contribution is -2.27. The van der Waals surface area contributed by atoms with Crippen LogP contribution in [0, 0.1) is 11.8 Å². The van der Waals surface area contributed by atoms with Crippen LogP contribution in [-0.2, 0) is 9.53 Å². The van der Waals surface area contributed by atoms with Gasteiger partial charge in [-0.15, -0.1) is 5.10 Å². The number of hydrogen-bond acceptors (Lipinski definition) is 5. The number of rotatable bonds is 5. The summed E-state index contributed by atoms with van der Waals surface area (Å²) in [5.74, 6) is 0.410. The number of ether oxygens (including phenoxy) is 1. The summed E-state index contributed by atoms with van der Waals surface area (Å²) in [5.41, 5.74) is 0. The maximum Gasteiger partial charge on any atom is 0.305 e. The van der Waals surface area contributed by atoms with Gasteiger partial charge in [-0.25, -0.2) is 4.68 Å². The highest BCUT2D eigenvalue weighted by Crippen LogP contribution is 2.39. The summed E-state index contributed by atoms with van der Waals surface area (Å²) in [6, 6.07) is -0.247. The Morgan fingerprint density at radius 1 is 1.33 bits per heavy atom. The molecule has 0 radical (unpaired) electrons. The molecule has 0 saturated carbocycles. The molecule has 118 valence electrons. The van der Waals surface area contributed by atoms with Crippen LogP contribution in [0.3, 0.4) is 0 Å². The van der Waals surface area contributed by atoms with E-state index in [0.717, 1.165) is 5.82 Å². The first-order valence-electron chi connectivity index (χ1n) is 7.48. The second-order valence-corrected chi connectivity index (χ2v) is 6.32. The first-order chi connectivity index (χ1) is 9.82. The van der Waals surface area contributed by atoms with Crippen LogP contribution < -0.4 is 0 Å². The van der Waals surface area contributed by atoms with E-state index >= 15 is 0 Å².